The van der Waals surface area contributed by atoms with Crippen LogP contribution in [0.3, 0.4) is 0 Å². The van der Waals surface area contributed by atoms with Crippen LogP contribution in [0.2, 0.25) is 0 Å². The van der Waals surface area contributed by atoms with Crippen molar-refractivity contribution in [2.24, 2.45) is 0 Å². The van der Waals surface area contributed by atoms with E-state index in [1.807, 2.05) is 0 Å². The summed E-state index contributed by atoms with van der Waals surface area (Å²) in [7, 11) is 0. The first-order chi connectivity index (χ1) is 9.62. The number of nitrogen functional groups attached to an aromatic ring is 1. The standard InChI is InChI=1S/C4H5N9O8/c5-2-7-3(10(14)15)8-9(2)6-1-4(11(16)17,12(18)19)13(20)21/h6H,1H2,(H2,5,7,8). The molecule has 0 unspecified atom stereocenters. The second-order valence-electron chi connectivity index (χ2n) is 3.32. The van der Waals surface area contributed by atoms with Gasteiger partial charge in [-0.25, -0.2) is 0 Å². The Labute approximate surface area is 111 Å². The first-order valence-electron chi connectivity index (χ1n) is 4.67. The molecule has 0 atom stereocenters. The average Bonchev–Trinajstić information content (AvgIpc) is 2.70. The number of anilines is 1. The summed E-state index contributed by atoms with van der Waals surface area (Å²) in [4.78, 5) is 39.3. The molecular weight excluding hydrogens is 302 g/mol. The lowest BCUT2D eigenvalue weighted by Gasteiger charge is -2.09. The number of nitrogens with two attached hydrogens (primary N) is 1. The number of nitrogens with zero attached hydrogens (tertiary/aromatic N) is 7. The minimum Gasteiger partial charge on any atom is -0.390 e. The van der Waals surface area contributed by atoms with Crippen LogP contribution in [-0.2, 0) is 0 Å². The van der Waals surface area contributed by atoms with Crippen LogP contribution in [0.1, 0.15) is 0 Å². The van der Waals surface area contributed by atoms with Crippen molar-refractivity contribution in [2.75, 3.05) is 17.7 Å². The van der Waals surface area contributed by atoms with Gasteiger partial charge in [-0.1, -0.05) is 4.79 Å². The van der Waals surface area contributed by atoms with Crippen molar-refractivity contribution in [3.05, 3.63) is 40.5 Å². The number of nitro groups is 4. The Morgan fingerprint density at radius 2 is 1.57 bits per heavy atom. The molecule has 3 N–H and O–H groups in total. The van der Waals surface area contributed by atoms with E-state index in [2.05, 4.69) is 10.1 Å². The molecule has 1 aromatic heterocycles. The minimum atomic E-state index is -3.81. The van der Waals surface area contributed by atoms with Gasteiger partial charge >= 0.3 is 17.7 Å². The van der Waals surface area contributed by atoms with Crippen LogP contribution in [0.5, 0.6) is 0 Å². The van der Waals surface area contributed by atoms with E-state index in [-0.39, 0.29) is 4.79 Å². The van der Waals surface area contributed by atoms with Gasteiger partial charge in [0, 0.05) is 0 Å². The van der Waals surface area contributed by atoms with Crippen LogP contribution in [0.25, 0.3) is 0 Å². The predicted molar refractivity (Wildman–Crippen MR) is 59.0 cm³/mol. The highest BCUT2D eigenvalue weighted by Crippen LogP contribution is 2.12. The molecule has 0 saturated heterocycles. The summed E-state index contributed by atoms with van der Waals surface area (Å²) in [5.41, 5.74) is 6.91. The zero-order chi connectivity index (χ0) is 16.4. The van der Waals surface area contributed by atoms with Crippen LogP contribution < -0.4 is 11.2 Å². The number of hydrogen-bond donors (Lipinski definition) is 2. The number of nitrogens with one attached hydrogen (secondary N) is 1. The minimum absolute atomic E-state index is 0.281. The van der Waals surface area contributed by atoms with E-state index >= 15 is 0 Å². The van der Waals surface area contributed by atoms with Crippen molar-refractivity contribution in [3.8, 4) is 0 Å². The maximum atomic E-state index is 10.6. The van der Waals surface area contributed by atoms with E-state index < -0.39 is 43.9 Å². The third-order valence-corrected chi connectivity index (χ3v) is 2.13. The van der Waals surface area contributed by atoms with Gasteiger partial charge in [0.15, 0.2) is 14.8 Å². The summed E-state index contributed by atoms with van der Waals surface area (Å²) in [5, 5.41) is 45.3. The maximum absolute atomic E-state index is 10.6. The number of rotatable bonds is 7. The highest BCUT2D eigenvalue weighted by atomic mass is 16.7. The van der Waals surface area contributed by atoms with Gasteiger partial charge in [-0.05, 0) is 9.91 Å². The molecule has 1 heterocycles. The van der Waals surface area contributed by atoms with E-state index in [0.29, 0.717) is 0 Å². The molecule has 17 nitrogen and oxygen atoms in total. The average molecular weight is 307 g/mol. The second-order valence-corrected chi connectivity index (χ2v) is 3.32. The van der Waals surface area contributed by atoms with E-state index in [4.69, 9.17) is 5.73 Å². The summed E-state index contributed by atoms with van der Waals surface area (Å²) in [6, 6.07) is 0. The second kappa shape index (κ2) is 5.14. The van der Waals surface area contributed by atoms with Crippen molar-refractivity contribution in [2.45, 2.75) is 5.79 Å². The molecule has 1 aromatic rings. The van der Waals surface area contributed by atoms with Crippen molar-refractivity contribution in [3.63, 3.8) is 0 Å². The summed E-state index contributed by atoms with van der Waals surface area (Å²) < 4.78 is 0. The largest absolute Gasteiger partial charge is 0.718 e. The van der Waals surface area contributed by atoms with Gasteiger partial charge in [-0.3, -0.25) is 35.8 Å². The molecule has 21 heavy (non-hydrogen) atoms. The lowest BCUT2D eigenvalue weighted by atomic mass is 10.4. The Morgan fingerprint density at radius 3 is 1.90 bits per heavy atom. The normalized spacial score (nSPS) is 10.9. The highest BCUT2D eigenvalue weighted by molar-refractivity contribution is 5.22. The van der Waals surface area contributed by atoms with Crippen LogP contribution in [0.15, 0.2) is 0 Å². The molecule has 114 valence electrons. The first kappa shape index (κ1) is 15.4. The van der Waals surface area contributed by atoms with Crippen LogP contribution in [-0.4, -0.2) is 46.9 Å². The Kier molecular flexibility index (Phi) is 3.77. The van der Waals surface area contributed by atoms with E-state index in [1.165, 1.54) is 0 Å². The van der Waals surface area contributed by atoms with Crippen LogP contribution >= 0.6 is 0 Å². The fraction of sp³-hybridized carbons (Fsp3) is 0.500. The van der Waals surface area contributed by atoms with Crippen LogP contribution in [0, 0.1) is 40.5 Å². The smallest absolute Gasteiger partial charge is 0.390 e. The lowest BCUT2D eigenvalue weighted by Crippen LogP contribution is -2.59. The highest BCUT2D eigenvalue weighted by Gasteiger charge is 2.70. The summed E-state index contributed by atoms with van der Waals surface area (Å²) >= 11 is 0. The van der Waals surface area contributed by atoms with Gasteiger partial charge in [-0.2, -0.15) is 0 Å². The number of aromatic nitrogens is 3. The zero-order valence-electron chi connectivity index (χ0n) is 9.68. The maximum Gasteiger partial charge on any atom is 0.718 e. The Balaban J connectivity index is 3.08. The van der Waals surface area contributed by atoms with Crippen molar-refractivity contribution < 1.29 is 19.7 Å². The molecule has 0 aliphatic carbocycles. The van der Waals surface area contributed by atoms with Crippen molar-refractivity contribution in [1.82, 2.24) is 14.9 Å². The predicted octanol–water partition coefficient (Wildman–Crippen LogP) is -2.20. The molecule has 1 rings (SSSR count). The molecule has 0 aliphatic rings. The summed E-state index contributed by atoms with van der Waals surface area (Å²) in [6.45, 7) is -1.48. The van der Waals surface area contributed by atoms with Gasteiger partial charge in [0.25, 0.3) is 6.54 Å². The molecular formula is C4H5N9O8. The quantitative estimate of drug-likeness (QED) is 0.309. The molecule has 0 radical (unpaired) electrons. The van der Waals surface area contributed by atoms with Gasteiger partial charge in [0.2, 0.25) is 0 Å². The third kappa shape index (κ3) is 2.54. The van der Waals surface area contributed by atoms with E-state index in [9.17, 15) is 40.5 Å². The van der Waals surface area contributed by atoms with E-state index in [1.54, 1.807) is 5.43 Å². The number of hydrogen-bond acceptors (Lipinski definition) is 12. The van der Waals surface area contributed by atoms with Crippen molar-refractivity contribution >= 4 is 11.9 Å². The SMILES string of the molecule is Nc1nc([N+](=O)[O-])nn1NCC([N+](=O)[O-])([N+](=O)[O-])[N+](=O)[O-]. The molecule has 0 aromatic carbocycles. The molecule has 0 fully saturated rings. The Morgan fingerprint density at radius 1 is 1.10 bits per heavy atom. The lowest BCUT2D eigenvalue weighted by molar-refractivity contribution is -0.965. The monoisotopic (exact) mass is 307 g/mol. The zero-order valence-corrected chi connectivity index (χ0v) is 9.68. The van der Waals surface area contributed by atoms with Gasteiger partial charge < -0.3 is 15.8 Å². The molecule has 0 saturated carbocycles. The van der Waals surface area contributed by atoms with Crippen molar-refractivity contribution in [1.29, 1.82) is 0 Å². The molecule has 0 bridgehead atoms. The van der Waals surface area contributed by atoms with Gasteiger partial charge in [-0.15, -0.1) is 0 Å². The molecule has 0 spiro atoms. The first-order valence-corrected chi connectivity index (χ1v) is 4.67. The van der Waals surface area contributed by atoms with Crippen LogP contribution in [0.4, 0.5) is 11.9 Å². The summed E-state index contributed by atoms with van der Waals surface area (Å²) in [5.74, 6) is -5.49. The summed E-state index contributed by atoms with van der Waals surface area (Å²) in [6.07, 6.45) is 0. The van der Waals surface area contributed by atoms with Gasteiger partial charge in [0.05, 0.1) is 5.10 Å². The Bertz CT molecular complexity index is 585. The molecule has 0 amide bonds. The topological polar surface area (TPSA) is 241 Å². The Hall–Kier alpha value is -3.66. The molecule has 17 heteroatoms. The van der Waals surface area contributed by atoms with Gasteiger partial charge in [0.1, 0.15) is 0 Å². The fourth-order valence-electron chi connectivity index (χ4n) is 1.08. The third-order valence-electron chi connectivity index (χ3n) is 2.13. The fourth-order valence-corrected chi connectivity index (χ4v) is 1.08. The molecule has 0 aliphatic heterocycles. The van der Waals surface area contributed by atoms with E-state index in [0.717, 1.165) is 0 Å².